The Morgan fingerprint density at radius 2 is 2.05 bits per heavy atom. The van der Waals surface area contributed by atoms with E-state index in [2.05, 4.69) is 0 Å². The number of benzene rings is 1. The Bertz CT molecular complexity index is 638. The van der Waals surface area contributed by atoms with Gasteiger partial charge >= 0.3 is 5.97 Å². The number of nitro benzene ring substituents is 1. The zero-order valence-corrected chi connectivity index (χ0v) is 11.6. The van der Waals surface area contributed by atoms with Crippen molar-refractivity contribution in [2.75, 3.05) is 7.11 Å². The Kier molecular flexibility index (Phi) is 4.66. The van der Waals surface area contributed by atoms with Crippen molar-refractivity contribution in [2.45, 2.75) is 17.9 Å². The third kappa shape index (κ3) is 3.67. The highest BCUT2D eigenvalue weighted by atomic mass is 32.2. The predicted octanol–water partition coefficient (Wildman–Crippen LogP) is 0.991. The molecule has 0 aliphatic carbocycles. The number of ether oxygens (including phenoxy) is 1. The van der Waals surface area contributed by atoms with Gasteiger partial charge in [0.1, 0.15) is 5.75 Å². The van der Waals surface area contributed by atoms with Crippen LogP contribution in [0.5, 0.6) is 5.75 Å². The predicted molar refractivity (Wildman–Crippen MR) is 69.4 cm³/mol. The third-order valence-electron chi connectivity index (χ3n) is 2.65. The Morgan fingerprint density at radius 1 is 1.45 bits per heavy atom. The normalized spacial score (nSPS) is 12.7. The molecule has 0 spiro atoms. The van der Waals surface area contributed by atoms with Crippen LogP contribution in [0.1, 0.15) is 12.5 Å². The van der Waals surface area contributed by atoms with Gasteiger partial charge in [-0.15, -0.1) is 0 Å². The molecule has 0 aliphatic rings. The van der Waals surface area contributed by atoms with E-state index in [4.69, 9.17) is 9.84 Å². The highest BCUT2D eigenvalue weighted by Gasteiger charge is 2.28. The number of rotatable bonds is 6. The molecule has 1 atom stereocenters. The smallest absolute Gasteiger partial charge is 0.321 e. The molecule has 0 saturated carbocycles. The maximum Gasteiger partial charge on any atom is 0.321 e. The molecule has 0 amide bonds. The van der Waals surface area contributed by atoms with E-state index in [9.17, 15) is 23.3 Å². The van der Waals surface area contributed by atoms with Crippen molar-refractivity contribution in [1.82, 2.24) is 0 Å². The van der Waals surface area contributed by atoms with Crippen LogP contribution in [-0.4, -0.2) is 36.8 Å². The fraction of sp³-hybridized carbons (Fsp3) is 0.364. The van der Waals surface area contributed by atoms with Gasteiger partial charge in [0.05, 0.1) is 23.9 Å². The molecular formula is C11H13NO7S. The molecule has 0 bridgehead atoms. The third-order valence-corrected chi connectivity index (χ3v) is 4.67. The second kappa shape index (κ2) is 5.87. The average Bonchev–Trinajstić information content (AvgIpc) is 2.36. The van der Waals surface area contributed by atoms with Crippen molar-refractivity contribution >= 4 is 21.5 Å². The number of carbonyl (C=O) groups is 1. The zero-order chi connectivity index (χ0) is 15.5. The Labute approximate surface area is 115 Å². The van der Waals surface area contributed by atoms with Crippen LogP contribution in [0.4, 0.5) is 5.69 Å². The van der Waals surface area contributed by atoms with Crippen LogP contribution in [0.3, 0.4) is 0 Å². The highest BCUT2D eigenvalue weighted by molar-refractivity contribution is 7.91. The van der Waals surface area contributed by atoms with Gasteiger partial charge in [-0.2, -0.15) is 0 Å². The van der Waals surface area contributed by atoms with Crippen LogP contribution in [0.25, 0.3) is 0 Å². The topological polar surface area (TPSA) is 124 Å². The molecule has 8 nitrogen and oxygen atoms in total. The van der Waals surface area contributed by atoms with Gasteiger partial charge in [0.25, 0.3) is 5.69 Å². The number of hydrogen-bond donors (Lipinski definition) is 1. The minimum Gasteiger partial charge on any atom is -0.496 e. The van der Waals surface area contributed by atoms with Crippen molar-refractivity contribution in [3.63, 3.8) is 0 Å². The van der Waals surface area contributed by atoms with Crippen molar-refractivity contribution in [1.29, 1.82) is 0 Å². The van der Waals surface area contributed by atoms with E-state index in [0.29, 0.717) is 0 Å². The number of carboxylic acids is 1. The number of aliphatic carboxylic acids is 1. The first-order chi connectivity index (χ1) is 9.17. The summed E-state index contributed by atoms with van der Waals surface area (Å²) >= 11 is 0. The lowest BCUT2D eigenvalue weighted by Gasteiger charge is -2.09. The summed E-state index contributed by atoms with van der Waals surface area (Å²) in [6, 6.07) is 3.55. The van der Waals surface area contributed by atoms with Crippen molar-refractivity contribution in [2.24, 2.45) is 0 Å². The maximum absolute atomic E-state index is 11.8. The van der Waals surface area contributed by atoms with E-state index in [1.54, 1.807) is 0 Å². The van der Waals surface area contributed by atoms with Gasteiger partial charge in [0, 0.05) is 6.07 Å². The number of non-ortho nitro benzene ring substituents is 1. The summed E-state index contributed by atoms with van der Waals surface area (Å²) in [6.07, 6.45) is 0. The van der Waals surface area contributed by atoms with Crippen LogP contribution in [-0.2, 0) is 20.4 Å². The molecule has 0 heterocycles. The summed E-state index contributed by atoms with van der Waals surface area (Å²) < 4.78 is 28.5. The number of sulfone groups is 1. The lowest BCUT2D eigenvalue weighted by atomic mass is 10.2. The summed E-state index contributed by atoms with van der Waals surface area (Å²) in [4.78, 5) is 20.8. The lowest BCUT2D eigenvalue weighted by molar-refractivity contribution is -0.385. The van der Waals surface area contributed by atoms with Crippen molar-refractivity contribution in [3.05, 3.63) is 33.9 Å². The second-order valence-electron chi connectivity index (χ2n) is 4.08. The molecule has 0 aromatic heterocycles. The van der Waals surface area contributed by atoms with Gasteiger partial charge in [-0.1, -0.05) is 0 Å². The summed E-state index contributed by atoms with van der Waals surface area (Å²) in [5.74, 6) is -1.95. The molecule has 110 valence electrons. The summed E-state index contributed by atoms with van der Waals surface area (Å²) in [7, 11) is -2.67. The maximum atomic E-state index is 11.8. The quantitative estimate of drug-likeness (QED) is 0.613. The van der Waals surface area contributed by atoms with E-state index in [-0.39, 0.29) is 17.0 Å². The molecule has 1 rings (SSSR count). The molecule has 0 aliphatic heterocycles. The van der Waals surface area contributed by atoms with Gasteiger partial charge in [-0.05, 0) is 18.6 Å². The molecule has 9 heteroatoms. The first-order valence-electron chi connectivity index (χ1n) is 5.44. The summed E-state index contributed by atoms with van der Waals surface area (Å²) in [6.45, 7) is 1.05. The molecule has 0 radical (unpaired) electrons. The fourth-order valence-electron chi connectivity index (χ4n) is 1.46. The van der Waals surface area contributed by atoms with E-state index >= 15 is 0 Å². The van der Waals surface area contributed by atoms with Crippen molar-refractivity contribution in [3.8, 4) is 5.75 Å². The van der Waals surface area contributed by atoms with Crippen LogP contribution in [0, 0.1) is 10.1 Å². The number of hydrogen-bond acceptors (Lipinski definition) is 6. The highest BCUT2D eigenvalue weighted by Crippen LogP contribution is 2.24. The molecule has 1 unspecified atom stereocenters. The molecule has 0 saturated heterocycles. The Balaban J connectivity index is 3.18. The van der Waals surface area contributed by atoms with E-state index in [1.807, 2.05) is 0 Å². The number of methoxy groups -OCH3 is 1. The van der Waals surface area contributed by atoms with Gasteiger partial charge < -0.3 is 9.84 Å². The van der Waals surface area contributed by atoms with Crippen LogP contribution >= 0.6 is 0 Å². The van der Waals surface area contributed by atoms with Gasteiger partial charge in [0.15, 0.2) is 15.1 Å². The minimum atomic E-state index is -3.96. The second-order valence-corrected chi connectivity index (χ2v) is 6.41. The molecule has 1 aromatic rings. The zero-order valence-electron chi connectivity index (χ0n) is 10.8. The molecule has 0 fully saturated rings. The van der Waals surface area contributed by atoms with Crippen LogP contribution in [0.15, 0.2) is 18.2 Å². The van der Waals surface area contributed by atoms with Crippen molar-refractivity contribution < 1.29 is 28.0 Å². The monoisotopic (exact) mass is 303 g/mol. The van der Waals surface area contributed by atoms with Crippen LogP contribution < -0.4 is 4.74 Å². The largest absolute Gasteiger partial charge is 0.496 e. The van der Waals surface area contributed by atoms with E-state index in [0.717, 1.165) is 19.1 Å². The minimum absolute atomic E-state index is 0.101. The first kappa shape index (κ1) is 15.9. The number of carboxylic acid groups (broad SMARTS) is 1. The van der Waals surface area contributed by atoms with Crippen LogP contribution in [0.2, 0.25) is 0 Å². The Hall–Kier alpha value is -2.16. The lowest BCUT2D eigenvalue weighted by Crippen LogP contribution is -2.28. The molecule has 1 aromatic carbocycles. The van der Waals surface area contributed by atoms with Gasteiger partial charge in [0.2, 0.25) is 0 Å². The SMILES string of the molecule is COc1cc(CS(=O)(=O)C(C)C(=O)O)cc([N+](=O)[O-])c1. The standard InChI is InChI=1S/C11H13NO7S/c1-7(11(13)14)20(17,18)6-8-3-9(12(15)16)5-10(4-8)19-2/h3-5,7H,6H2,1-2H3,(H,13,14). The van der Waals surface area contributed by atoms with Gasteiger partial charge in [-0.25, -0.2) is 8.42 Å². The number of nitrogens with zero attached hydrogens (tertiary/aromatic N) is 1. The Morgan fingerprint density at radius 3 is 2.50 bits per heavy atom. The van der Waals surface area contributed by atoms with E-state index < -0.39 is 31.7 Å². The molecular weight excluding hydrogens is 290 g/mol. The summed E-state index contributed by atoms with van der Waals surface area (Å²) in [5, 5.41) is 17.9. The molecule has 1 N–H and O–H groups in total. The number of nitro groups is 1. The fourth-order valence-corrected chi connectivity index (χ4v) is 2.65. The van der Waals surface area contributed by atoms with E-state index in [1.165, 1.54) is 13.2 Å². The first-order valence-corrected chi connectivity index (χ1v) is 7.15. The summed E-state index contributed by atoms with van der Waals surface area (Å²) in [5.41, 5.74) is -0.221. The average molecular weight is 303 g/mol. The van der Waals surface area contributed by atoms with Gasteiger partial charge in [-0.3, -0.25) is 14.9 Å². The molecule has 20 heavy (non-hydrogen) atoms.